The van der Waals surface area contributed by atoms with E-state index in [1.165, 1.54) is 6.33 Å². The molecule has 3 aromatic heterocycles. The molecule has 12 nitrogen and oxygen atoms in total. The number of hydrogen-bond acceptors (Lipinski definition) is 9. The topological polar surface area (TPSA) is 156 Å². The van der Waals surface area contributed by atoms with Crippen LogP contribution in [-0.2, 0) is 10.0 Å². The average molecular weight is 478 g/mol. The summed E-state index contributed by atoms with van der Waals surface area (Å²) in [6.45, 7) is 0. The Morgan fingerprint density at radius 2 is 1.82 bits per heavy atom. The maximum Gasteiger partial charge on any atom is 0.261 e. The highest BCUT2D eigenvalue weighted by Crippen LogP contribution is 2.25. The molecule has 3 heterocycles. The van der Waals surface area contributed by atoms with Crippen molar-refractivity contribution in [3.63, 3.8) is 0 Å². The molecular formula is C20H15FN10O2S. The molecule has 0 saturated heterocycles. The van der Waals surface area contributed by atoms with Gasteiger partial charge in [0.05, 0.1) is 10.5 Å². The second kappa shape index (κ2) is 8.67. The summed E-state index contributed by atoms with van der Waals surface area (Å²) in [7, 11) is -4.00. The molecule has 0 unspecified atom stereocenters. The molecule has 0 spiro atoms. The number of rotatable bonds is 7. The third kappa shape index (κ3) is 4.42. The van der Waals surface area contributed by atoms with Crippen LogP contribution in [0.3, 0.4) is 0 Å². The second-order valence-electron chi connectivity index (χ2n) is 6.92. The number of aromatic amines is 1. The quantitative estimate of drug-likeness (QED) is 0.320. The van der Waals surface area contributed by atoms with Gasteiger partial charge in [-0.2, -0.15) is 5.21 Å². The molecule has 5 rings (SSSR count). The van der Waals surface area contributed by atoms with Crippen molar-refractivity contribution >= 4 is 27.2 Å². The normalized spacial score (nSPS) is 11.3. The van der Waals surface area contributed by atoms with Crippen molar-refractivity contribution in [3.05, 3.63) is 79.4 Å². The fraction of sp³-hybridized carbons (Fsp3) is 0. The van der Waals surface area contributed by atoms with E-state index in [4.69, 9.17) is 0 Å². The molecule has 3 N–H and O–H groups in total. The molecule has 170 valence electrons. The molecule has 5 aromatic rings. The van der Waals surface area contributed by atoms with Crippen LogP contribution >= 0.6 is 0 Å². The Bertz CT molecular complexity index is 1520. The minimum absolute atomic E-state index is 0.0501. The molecule has 0 saturated carbocycles. The van der Waals surface area contributed by atoms with Crippen LogP contribution in [0.4, 0.5) is 21.6 Å². The summed E-state index contributed by atoms with van der Waals surface area (Å²) in [5.74, 6) is 0.466. The van der Waals surface area contributed by atoms with Crippen LogP contribution in [-0.4, -0.2) is 48.6 Å². The summed E-state index contributed by atoms with van der Waals surface area (Å²) in [4.78, 5) is 12.2. The number of nitrogens with one attached hydrogen (secondary N) is 3. The maximum absolute atomic E-state index is 14.1. The van der Waals surface area contributed by atoms with Crippen LogP contribution in [0.15, 0.2) is 78.5 Å². The number of aromatic nitrogens is 8. The Kier molecular flexibility index (Phi) is 5.39. The Balaban J connectivity index is 1.32. The van der Waals surface area contributed by atoms with Gasteiger partial charge in [0.1, 0.15) is 30.1 Å². The fourth-order valence-corrected chi connectivity index (χ4v) is 4.14. The van der Waals surface area contributed by atoms with E-state index in [9.17, 15) is 12.8 Å². The van der Waals surface area contributed by atoms with Gasteiger partial charge in [0, 0.05) is 29.8 Å². The summed E-state index contributed by atoms with van der Waals surface area (Å²) in [6.07, 6.45) is 6.46. The van der Waals surface area contributed by atoms with Crippen LogP contribution in [0.5, 0.6) is 0 Å². The van der Waals surface area contributed by atoms with Crippen LogP contribution in [0.25, 0.3) is 17.2 Å². The molecule has 14 heteroatoms. The van der Waals surface area contributed by atoms with Gasteiger partial charge in [-0.25, -0.2) is 27.8 Å². The lowest BCUT2D eigenvalue weighted by Gasteiger charge is -2.11. The number of H-pyrrole nitrogens is 1. The molecule has 0 atom stereocenters. The average Bonchev–Trinajstić information content (AvgIpc) is 3.55. The van der Waals surface area contributed by atoms with Crippen molar-refractivity contribution in [3.8, 4) is 17.2 Å². The second-order valence-corrected chi connectivity index (χ2v) is 8.60. The highest BCUT2D eigenvalue weighted by molar-refractivity contribution is 7.92. The number of tetrazole rings is 1. The third-order valence-corrected chi connectivity index (χ3v) is 6.04. The zero-order chi connectivity index (χ0) is 23.5. The first-order chi connectivity index (χ1) is 16.5. The Morgan fingerprint density at radius 1 is 1.00 bits per heavy atom. The van der Waals surface area contributed by atoms with Gasteiger partial charge in [-0.05, 0) is 47.7 Å². The monoisotopic (exact) mass is 478 g/mol. The first-order valence-electron chi connectivity index (χ1n) is 9.72. The minimum atomic E-state index is -4.00. The largest absolute Gasteiger partial charge is 0.340 e. The summed E-state index contributed by atoms with van der Waals surface area (Å²) in [5, 5.41) is 16.1. The number of anilines is 3. The van der Waals surface area contributed by atoms with Gasteiger partial charge in [0.2, 0.25) is 5.82 Å². The molecule has 2 aromatic carbocycles. The van der Waals surface area contributed by atoms with Gasteiger partial charge in [0.15, 0.2) is 0 Å². The number of hydrogen-bond donors (Lipinski definition) is 3. The summed E-state index contributed by atoms with van der Waals surface area (Å²) < 4.78 is 44.0. The summed E-state index contributed by atoms with van der Waals surface area (Å²) >= 11 is 0. The first-order valence-corrected chi connectivity index (χ1v) is 11.2. The van der Waals surface area contributed by atoms with E-state index in [0.717, 1.165) is 18.2 Å². The van der Waals surface area contributed by atoms with Gasteiger partial charge in [0.25, 0.3) is 10.0 Å². The lowest BCUT2D eigenvalue weighted by atomic mass is 10.2. The molecule has 0 amide bonds. The predicted molar refractivity (Wildman–Crippen MR) is 119 cm³/mol. The van der Waals surface area contributed by atoms with E-state index < -0.39 is 15.8 Å². The van der Waals surface area contributed by atoms with Crippen molar-refractivity contribution in [2.75, 3.05) is 10.0 Å². The van der Waals surface area contributed by atoms with Crippen LogP contribution in [0, 0.1) is 5.82 Å². The van der Waals surface area contributed by atoms with E-state index in [2.05, 4.69) is 45.6 Å². The molecule has 0 aliphatic carbocycles. The standard InChI is InChI=1S/C20H15FN10O2S/c21-17-6-5-15(9-16(17)20-26-29-30-27-20)34(32,33)28-14-3-1-13(2-4-14)25-18-10-19(24-11-23-18)31-8-7-22-12-31/h1-12,28H,(H,23,24,25)(H,26,27,29,30). The van der Waals surface area contributed by atoms with Gasteiger partial charge in [-0.3, -0.25) is 9.29 Å². The van der Waals surface area contributed by atoms with Crippen LogP contribution in [0.1, 0.15) is 0 Å². The maximum atomic E-state index is 14.1. The molecule has 0 aliphatic heterocycles. The van der Waals surface area contributed by atoms with Crippen molar-refractivity contribution < 1.29 is 12.8 Å². The number of halogens is 1. The molecule has 34 heavy (non-hydrogen) atoms. The Labute approximate surface area is 192 Å². The van der Waals surface area contributed by atoms with E-state index in [1.54, 1.807) is 53.6 Å². The molecule has 0 bridgehead atoms. The zero-order valence-corrected chi connectivity index (χ0v) is 18.0. The molecule has 0 aliphatic rings. The van der Waals surface area contributed by atoms with Crippen molar-refractivity contribution in [1.82, 2.24) is 40.1 Å². The first kappa shape index (κ1) is 21.1. The molecule has 0 radical (unpaired) electrons. The smallest absolute Gasteiger partial charge is 0.261 e. The highest BCUT2D eigenvalue weighted by Gasteiger charge is 2.19. The number of nitrogens with zero attached hydrogens (tertiary/aromatic N) is 7. The van der Waals surface area contributed by atoms with E-state index >= 15 is 0 Å². The van der Waals surface area contributed by atoms with Crippen molar-refractivity contribution in [2.24, 2.45) is 0 Å². The van der Waals surface area contributed by atoms with Gasteiger partial charge >= 0.3 is 0 Å². The molecular weight excluding hydrogens is 463 g/mol. The number of imidazole rings is 1. The van der Waals surface area contributed by atoms with Gasteiger partial charge in [-0.15, -0.1) is 10.2 Å². The van der Waals surface area contributed by atoms with Crippen molar-refractivity contribution in [1.29, 1.82) is 0 Å². The predicted octanol–water partition coefficient (Wildman–Crippen LogP) is 2.53. The van der Waals surface area contributed by atoms with E-state index in [1.807, 2.05) is 0 Å². The van der Waals surface area contributed by atoms with Crippen LogP contribution in [0.2, 0.25) is 0 Å². The van der Waals surface area contributed by atoms with E-state index in [0.29, 0.717) is 23.0 Å². The Hall–Kier alpha value is -4.72. The third-order valence-electron chi connectivity index (χ3n) is 4.67. The van der Waals surface area contributed by atoms with Crippen LogP contribution < -0.4 is 10.0 Å². The lowest BCUT2D eigenvalue weighted by molar-refractivity contribution is 0.600. The number of benzene rings is 2. The Morgan fingerprint density at radius 3 is 2.56 bits per heavy atom. The fourth-order valence-electron chi connectivity index (χ4n) is 3.05. The van der Waals surface area contributed by atoms with Crippen molar-refractivity contribution in [2.45, 2.75) is 4.90 Å². The minimum Gasteiger partial charge on any atom is -0.340 e. The zero-order valence-electron chi connectivity index (χ0n) is 17.2. The summed E-state index contributed by atoms with van der Waals surface area (Å²) in [6, 6.07) is 11.6. The van der Waals surface area contributed by atoms with Gasteiger partial charge in [-0.1, -0.05) is 0 Å². The molecule has 0 fully saturated rings. The lowest BCUT2D eigenvalue weighted by Crippen LogP contribution is -2.13. The van der Waals surface area contributed by atoms with Gasteiger partial charge < -0.3 is 5.32 Å². The highest BCUT2D eigenvalue weighted by atomic mass is 32.2. The SMILES string of the molecule is O=S(=O)(Nc1ccc(Nc2cc(-n3ccnc3)ncn2)cc1)c1ccc(F)c(-c2nn[nH]n2)c1. The number of sulfonamides is 1. The van der Waals surface area contributed by atoms with E-state index in [-0.39, 0.29) is 16.3 Å². The summed E-state index contributed by atoms with van der Waals surface area (Å²) in [5.41, 5.74) is 0.910.